The van der Waals surface area contributed by atoms with Crippen molar-refractivity contribution in [3.63, 3.8) is 0 Å². The quantitative estimate of drug-likeness (QED) is 0.750. The lowest BCUT2D eigenvalue weighted by molar-refractivity contribution is -0.136. The lowest BCUT2D eigenvalue weighted by Crippen LogP contribution is -2.61. The maximum atomic E-state index is 13.1. The number of nitrogens with one attached hydrogen (secondary N) is 1. The number of carbonyl (C=O) groups is 1. The van der Waals surface area contributed by atoms with Gasteiger partial charge in [0.05, 0.1) is 0 Å². The first-order valence-corrected chi connectivity index (χ1v) is 11.4. The van der Waals surface area contributed by atoms with Gasteiger partial charge in [-0.05, 0) is 38.1 Å². The third kappa shape index (κ3) is 4.62. The number of piperazine rings is 1. The van der Waals surface area contributed by atoms with Gasteiger partial charge in [-0.15, -0.1) is 0 Å². The molecule has 0 spiro atoms. The summed E-state index contributed by atoms with van der Waals surface area (Å²) in [6, 6.07) is 9.70. The highest BCUT2D eigenvalue weighted by molar-refractivity contribution is 7.92. The number of rotatable bonds is 6. The predicted molar refractivity (Wildman–Crippen MR) is 105 cm³/mol. The van der Waals surface area contributed by atoms with Crippen LogP contribution in [0.2, 0.25) is 0 Å². The normalized spacial score (nSPS) is 21.0. The summed E-state index contributed by atoms with van der Waals surface area (Å²) in [4.78, 5) is 17.1. The van der Waals surface area contributed by atoms with Crippen LogP contribution in [-0.2, 0) is 14.6 Å². The Morgan fingerprint density at radius 3 is 2.33 bits per heavy atom. The molecule has 27 heavy (non-hydrogen) atoms. The van der Waals surface area contributed by atoms with Gasteiger partial charge in [-0.25, -0.2) is 8.42 Å². The Morgan fingerprint density at radius 1 is 1.11 bits per heavy atom. The second kappa shape index (κ2) is 8.58. The number of nitrogens with zero attached hydrogens (tertiary/aromatic N) is 2. The number of amides is 1. The number of ether oxygens (including phenoxy) is 1. The van der Waals surface area contributed by atoms with Gasteiger partial charge < -0.3 is 15.0 Å². The molecule has 2 fully saturated rings. The van der Waals surface area contributed by atoms with E-state index in [9.17, 15) is 13.2 Å². The van der Waals surface area contributed by atoms with E-state index < -0.39 is 14.6 Å². The maximum absolute atomic E-state index is 13.1. The molecule has 1 amide bonds. The minimum Gasteiger partial charge on any atom is -0.492 e. The Kier molecular flexibility index (Phi) is 6.39. The van der Waals surface area contributed by atoms with Crippen molar-refractivity contribution in [1.29, 1.82) is 0 Å². The van der Waals surface area contributed by atoms with Crippen molar-refractivity contribution < 1.29 is 17.9 Å². The average Bonchev–Trinajstić information content (AvgIpc) is 2.68. The molecule has 0 aliphatic carbocycles. The first-order valence-electron chi connectivity index (χ1n) is 9.52. The van der Waals surface area contributed by atoms with Crippen LogP contribution in [0, 0.1) is 0 Å². The Labute approximate surface area is 161 Å². The summed E-state index contributed by atoms with van der Waals surface area (Å²) < 4.78 is 29.3. The predicted octanol–water partition coefficient (Wildman–Crippen LogP) is 0.376. The highest BCUT2D eigenvalue weighted by atomic mass is 32.2. The number of hydrogen-bond donors (Lipinski definition) is 1. The molecule has 3 rings (SSSR count). The topological polar surface area (TPSA) is 79.0 Å². The van der Waals surface area contributed by atoms with Gasteiger partial charge in [-0.1, -0.05) is 18.2 Å². The van der Waals surface area contributed by atoms with Crippen LogP contribution in [0.4, 0.5) is 0 Å². The minimum atomic E-state index is -3.46. The zero-order valence-corrected chi connectivity index (χ0v) is 16.7. The molecular weight excluding hydrogens is 366 g/mol. The van der Waals surface area contributed by atoms with Gasteiger partial charge in [0.1, 0.15) is 12.4 Å². The number of piperidine rings is 1. The van der Waals surface area contributed by atoms with Crippen molar-refractivity contribution in [2.24, 2.45) is 0 Å². The molecule has 2 saturated heterocycles. The highest BCUT2D eigenvalue weighted by Crippen LogP contribution is 2.30. The fraction of sp³-hybridized carbons (Fsp3) is 0.632. The molecule has 2 heterocycles. The molecule has 1 aromatic rings. The van der Waals surface area contributed by atoms with Crippen LogP contribution in [0.3, 0.4) is 0 Å². The molecule has 0 atom stereocenters. The van der Waals surface area contributed by atoms with Gasteiger partial charge in [-0.3, -0.25) is 9.69 Å². The molecule has 1 N–H and O–H groups in total. The van der Waals surface area contributed by atoms with Gasteiger partial charge in [0.2, 0.25) is 5.91 Å². The fourth-order valence-electron chi connectivity index (χ4n) is 3.85. The monoisotopic (exact) mass is 395 g/mol. The second-order valence-corrected chi connectivity index (χ2v) is 9.64. The molecule has 0 bridgehead atoms. The van der Waals surface area contributed by atoms with Crippen LogP contribution < -0.4 is 10.1 Å². The van der Waals surface area contributed by atoms with E-state index in [2.05, 4.69) is 10.2 Å². The smallest absolute Gasteiger partial charge is 0.244 e. The number of sulfone groups is 1. The van der Waals surface area contributed by atoms with E-state index in [1.54, 1.807) is 4.90 Å². The van der Waals surface area contributed by atoms with Crippen molar-refractivity contribution in [2.75, 3.05) is 58.7 Å². The Balaban J connectivity index is 1.51. The summed E-state index contributed by atoms with van der Waals surface area (Å²) >= 11 is 0. The van der Waals surface area contributed by atoms with Crippen molar-refractivity contribution in [2.45, 2.75) is 17.6 Å². The van der Waals surface area contributed by atoms with E-state index in [4.69, 9.17) is 4.74 Å². The molecule has 0 aromatic heterocycles. The lowest BCUT2D eigenvalue weighted by Gasteiger charge is -2.41. The number of benzene rings is 1. The van der Waals surface area contributed by atoms with Crippen LogP contribution in [0.1, 0.15) is 12.8 Å². The number of hydrogen-bond acceptors (Lipinski definition) is 6. The van der Waals surface area contributed by atoms with Crippen LogP contribution >= 0.6 is 0 Å². The molecule has 8 heteroatoms. The third-order valence-electron chi connectivity index (χ3n) is 5.59. The molecule has 0 saturated carbocycles. The molecule has 2 aliphatic rings. The molecular formula is C19H29N3O4S. The minimum absolute atomic E-state index is 0.216. The first kappa shape index (κ1) is 20.1. The highest BCUT2D eigenvalue weighted by Gasteiger charge is 2.50. The summed E-state index contributed by atoms with van der Waals surface area (Å²) in [6.45, 7) is 5.12. The van der Waals surface area contributed by atoms with Crippen LogP contribution in [0.15, 0.2) is 30.3 Å². The summed E-state index contributed by atoms with van der Waals surface area (Å²) in [5.41, 5.74) is 0. The van der Waals surface area contributed by atoms with Crippen molar-refractivity contribution in [3.05, 3.63) is 30.3 Å². The molecule has 1 aromatic carbocycles. The van der Waals surface area contributed by atoms with Crippen molar-refractivity contribution >= 4 is 15.7 Å². The summed E-state index contributed by atoms with van der Waals surface area (Å²) in [5.74, 6) is 0.638. The number of carbonyl (C=O) groups excluding carboxylic acids is 1. The van der Waals surface area contributed by atoms with Crippen molar-refractivity contribution in [1.82, 2.24) is 15.1 Å². The lowest BCUT2D eigenvalue weighted by atomic mass is 9.95. The summed E-state index contributed by atoms with van der Waals surface area (Å²) in [6.07, 6.45) is 1.92. The van der Waals surface area contributed by atoms with E-state index in [1.807, 2.05) is 30.3 Å². The second-order valence-electron chi connectivity index (χ2n) is 7.31. The number of para-hydroxylation sites is 1. The van der Waals surface area contributed by atoms with Crippen LogP contribution in [0.5, 0.6) is 5.75 Å². The van der Waals surface area contributed by atoms with Crippen molar-refractivity contribution in [3.8, 4) is 5.75 Å². The Hall–Kier alpha value is -1.64. The standard InChI is InChI=1S/C19H29N3O4S/c1-27(24,25)19(7-9-20-10-8-19)18(23)22-13-11-21(12-14-22)15-16-26-17-5-3-2-4-6-17/h2-6,20H,7-16H2,1H3. The van der Waals surface area contributed by atoms with Crippen LogP contribution in [-0.4, -0.2) is 87.5 Å². The van der Waals surface area contributed by atoms with Gasteiger partial charge >= 0.3 is 0 Å². The average molecular weight is 396 g/mol. The van der Waals surface area contributed by atoms with E-state index in [-0.39, 0.29) is 5.91 Å². The van der Waals surface area contributed by atoms with E-state index >= 15 is 0 Å². The molecule has 150 valence electrons. The van der Waals surface area contributed by atoms with E-state index in [0.717, 1.165) is 25.4 Å². The summed E-state index contributed by atoms with van der Waals surface area (Å²) in [7, 11) is -3.46. The first-order chi connectivity index (χ1) is 12.9. The van der Waals surface area contributed by atoms with Gasteiger partial charge in [0, 0.05) is 39.0 Å². The van der Waals surface area contributed by atoms with E-state index in [0.29, 0.717) is 45.6 Å². The van der Waals surface area contributed by atoms with Gasteiger partial charge in [0.15, 0.2) is 14.6 Å². The molecule has 0 unspecified atom stereocenters. The van der Waals surface area contributed by atoms with Gasteiger partial charge in [-0.2, -0.15) is 0 Å². The fourth-order valence-corrected chi connectivity index (χ4v) is 5.24. The van der Waals surface area contributed by atoms with Crippen LogP contribution in [0.25, 0.3) is 0 Å². The summed E-state index contributed by atoms with van der Waals surface area (Å²) in [5, 5.41) is 3.16. The SMILES string of the molecule is CS(=O)(=O)C1(C(=O)N2CCN(CCOc3ccccc3)CC2)CCNCC1. The molecule has 2 aliphatic heterocycles. The van der Waals surface area contributed by atoms with E-state index in [1.165, 1.54) is 6.26 Å². The maximum Gasteiger partial charge on any atom is 0.244 e. The zero-order chi connectivity index (χ0) is 19.3. The largest absolute Gasteiger partial charge is 0.492 e. The third-order valence-corrected chi connectivity index (χ3v) is 7.59. The van der Waals surface area contributed by atoms with Gasteiger partial charge in [0.25, 0.3) is 0 Å². The molecule has 7 nitrogen and oxygen atoms in total. The molecule has 0 radical (unpaired) electrons. The Morgan fingerprint density at radius 2 is 1.74 bits per heavy atom. The Bertz CT molecular complexity index is 725. The zero-order valence-electron chi connectivity index (χ0n) is 15.9.